The number of nitrogens with one attached hydrogen (secondary N) is 4. The predicted molar refractivity (Wildman–Crippen MR) is 105 cm³/mol. The van der Waals surface area contributed by atoms with E-state index in [1.165, 1.54) is 23.5 Å². The minimum absolute atomic E-state index is 0.155. The smallest absolute Gasteiger partial charge is 0.335 e. The van der Waals surface area contributed by atoms with Crippen LogP contribution in [0.5, 0.6) is 0 Å². The fourth-order valence-corrected chi connectivity index (χ4v) is 4.32. The highest BCUT2D eigenvalue weighted by molar-refractivity contribution is 5.94. The van der Waals surface area contributed by atoms with E-state index < -0.39 is 17.8 Å². The second kappa shape index (κ2) is 10.3. The number of alkyl halides is 3. The van der Waals surface area contributed by atoms with Gasteiger partial charge in [-0.3, -0.25) is 10.1 Å². The van der Waals surface area contributed by atoms with Crippen LogP contribution in [0.15, 0.2) is 24.3 Å². The molecule has 0 aromatic heterocycles. The van der Waals surface area contributed by atoms with E-state index in [1.54, 1.807) is 6.07 Å². The Hall–Kier alpha value is -2.13. The Bertz CT molecular complexity index is 727. The standard InChI is InChI=1S/C21H29F3N4O2/c22-21(23,24)17-6-4-5-16(13-17)14-27-9-11-28(12-10-27)15-19(29)26-20(30)25-18-7-2-1-3-8-18/h4-6,13,18H,1-3,7-12,14-15H2,(H2,25,26,29,30)/p+2. The summed E-state index contributed by atoms with van der Waals surface area (Å²) in [4.78, 5) is 26.4. The number of piperazine rings is 1. The zero-order chi connectivity index (χ0) is 21.6. The quantitative estimate of drug-likeness (QED) is 0.540. The molecule has 0 spiro atoms. The molecule has 2 aliphatic rings. The molecule has 9 heteroatoms. The monoisotopic (exact) mass is 428 g/mol. The molecule has 6 nitrogen and oxygen atoms in total. The minimum atomic E-state index is -4.33. The molecule has 3 rings (SSSR count). The van der Waals surface area contributed by atoms with Gasteiger partial charge in [0.25, 0.3) is 5.91 Å². The summed E-state index contributed by atoms with van der Waals surface area (Å²) < 4.78 is 38.6. The topological polar surface area (TPSA) is 67.1 Å². The summed E-state index contributed by atoms with van der Waals surface area (Å²) in [6.07, 6.45) is 1.01. The van der Waals surface area contributed by atoms with Gasteiger partial charge in [-0.05, 0) is 25.0 Å². The van der Waals surface area contributed by atoms with Crippen molar-refractivity contribution >= 4 is 11.9 Å². The van der Waals surface area contributed by atoms with E-state index in [9.17, 15) is 22.8 Å². The number of hydrogen-bond acceptors (Lipinski definition) is 2. The number of hydrogen-bond donors (Lipinski definition) is 4. The van der Waals surface area contributed by atoms with Gasteiger partial charge in [-0.15, -0.1) is 0 Å². The molecule has 0 radical (unpaired) electrons. The first-order valence-electron chi connectivity index (χ1n) is 10.7. The van der Waals surface area contributed by atoms with Crippen LogP contribution in [0.3, 0.4) is 0 Å². The summed E-state index contributed by atoms with van der Waals surface area (Å²) >= 11 is 0. The van der Waals surface area contributed by atoms with Crippen LogP contribution in [0, 0.1) is 0 Å². The molecule has 0 unspecified atom stereocenters. The minimum Gasteiger partial charge on any atom is -0.335 e. The van der Waals surface area contributed by atoms with Gasteiger partial charge in [-0.25, -0.2) is 4.79 Å². The first-order chi connectivity index (χ1) is 14.3. The first kappa shape index (κ1) is 22.6. The number of halogens is 3. The van der Waals surface area contributed by atoms with E-state index in [1.807, 2.05) is 0 Å². The number of carbonyl (C=O) groups is 2. The second-order valence-electron chi connectivity index (χ2n) is 8.41. The number of urea groups is 1. The Labute approximate surface area is 174 Å². The molecule has 1 aromatic rings. The van der Waals surface area contributed by atoms with Crippen molar-refractivity contribution in [3.8, 4) is 0 Å². The molecular weight excluding hydrogens is 397 g/mol. The third-order valence-electron chi connectivity index (χ3n) is 5.98. The molecule has 30 heavy (non-hydrogen) atoms. The first-order valence-corrected chi connectivity index (χ1v) is 10.7. The van der Waals surface area contributed by atoms with E-state index in [4.69, 9.17) is 0 Å². The lowest BCUT2D eigenvalue weighted by molar-refractivity contribution is -1.02. The summed E-state index contributed by atoms with van der Waals surface area (Å²) in [7, 11) is 0. The maximum absolute atomic E-state index is 12.9. The van der Waals surface area contributed by atoms with Crippen molar-refractivity contribution < 1.29 is 32.6 Å². The van der Waals surface area contributed by atoms with E-state index in [0.717, 1.165) is 62.8 Å². The third kappa shape index (κ3) is 6.98. The average molecular weight is 428 g/mol. The van der Waals surface area contributed by atoms with Crippen LogP contribution in [0.2, 0.25) is 0 Å². The van der Waals surface area contributed by atoms with Crippen molar-refractivity contribution in [3.63, 3.8) is 0 Å². The Morgan fingerprint density at radius 2 is 1.67 bits per heavy atom. The molecule has 166 valence electrons. The Balaban J connectivity index is 1.38. The molecule has 0 atom stereocenters. The highest BCUT2D eigenvalue weighted by Crippen LogP contribution is 2.29. The van der Waals surface area contributed by atoms with Gasteiger partial charge >= 0.3 is 12.2 Å². The summed E-state index contributed by atoms with van der Waals surface area (Å²) in [6.45, 7) is 3.79. The van der Waals surface area contributed by atoms with Crippen molar-refractivity contribution in [2.24, 2.45) is 0 Å². The fraction of sp³-hybridized carbons (Fsp3) is 0.619. The Morgan fingerprint density at radius 3 is 2.33 bits per heavy atom. The lowest BCUT2D eigenvalue weighted by atomic mass is 9.96. The molecule has 2 fully saturated rings. The number of imide groups is 1. The zero-order valence-electron chi connectivity index (χ0n) is 17.1. The summed E-state index contributed by atoms with van der Waals surface area (Å²) in [5.74, 6) is -0.292. The van der Waals surface area contributed by atoms with E-state index >= 15 is 0 Å². The second-order valence-corrected chi connectivity index (χ2v) is 8.41. The Morgan fingerprint density at radius 1 is 1.00 bits per heavy atom. The summed E-state index contributed by atoms with van der Waals surface area (Å²) in [5.41, 5.74) is 0.0484. The van der Waals surface area contributed by atoms with Crippen molar-refractivity contribution in [1.82, 2.24) is 10.6 Å². The Kier molecular flexibility index (Phi) is 7.71. The lowest BCUT2D eigenvalue weighted by Crippen LogP contribution is -3.28. The normalized spacial score (nSPS) is 23.0. The van der Waals surface area contributed by atoms with Crippen LogP contribution in [0.1, 0.15) is 43.2 Å². The molecule has 1 saturated carbocycles. The van der Waals surface area contributed by atoms with Gasteiger partial charge in [0.05, 0.1) is 5.56 Å². The van der Waals surface area contributed by atoms with Crippen LogP contribution in [-0.4, -0.2) is 50.7 Å². The van der Waals surface area contributed by atoms with Crippen LogP contribution >= 0.6 is 0 Å². The number of carbonyl (C=O) groups excluding carboxylic acids is 2. The number of quaternary nitrogens is 2. The molecule has 1 aliphatic carbocycles. The largest absolute Gasteiger partial charge is 0.416 e. The lowest BCUT2D eigenvalue weighted by Gasteiger charge is -2.29. The van der Waals surface area contributed by atoms with Crippen molar-refractivity contribution in [3.05, 3.63) is 35.4 Å². The van der Waals surface area contributed by atoms with Gasteiger partial charge in [0.1, 0.15) is 32.7 Å². The SMILES string of the molecule is O=C(C[NH+]1CC[NH+](Cc2cccc(C(F)(F)F)c2)CC1)NC(=O)NC1CCCCC1. The van der Waals surface area contributed by atoms with Gasteiger partial charge < -0.3 is 15.1 Å². The molecule has 0 bridgehead atoms. The van der Waals surface area contributed by atoms with E-state index in [-0.39, 0.29) is 18.5 Å². The fourth-order valence-electron chi connectivity index (χ4n) is 4.32. The van der Waals surface area contributed by atoms with Gasteiger partial charge in [-0.1, -0.05) is 31.4 Å². The van der Waals surface area contributed by atoms with Crippen LogP contribution in [0.25, 0.3) is 0 Å². The van der Waals surface area contributed by atoms with Crippen molar-refractivity contribution in [2.45, 2.75) is 50.9 Å². The number of rotatable bonds is 5. The molecule has 4 N–H and O–H groups in total. The van der Waals surface area contributed by atoms with Gasteiger partial charge in [0, 0.05) is 11.6 Å². The third-order valence-corrected chi connectivity index (χ3v) is 5.98. The molecule has 1 heterocycles. The average Bonchev–Trinajstić information content (AvgIpc) is 2.69. The van der Waals surface area contributed by atoms with Gasteiger partial charge in [0.15, 0.2) is 6.54 Å². The summed E-state index contributed by atoms with van der Waals surface area (Å²) in [6, 6.07) is 5.21. The van der Waals surface area contributed by atoms with Gasteiger partial charge in [0.2, 0.25) is 0 Å². The molecule has 1 saturated heterocycles. The van der Waals surface area contributed by atoms with Crippen LogP contribution in [-0.2, 0) is 17.5 Å². The number of amides is 3. The predicted octanol–water partition coefficient (Wildman–Crippen LogP) is 0.147. The van der Waals surface area contributed by atoms with E-state index in [0.29, 0.717) is 12.1 Å². The van der Waals surface area contributed by atoms with Gasteiger partial charge in [-0.2, -0.15) is 13.2 Å². The highest BCUT2D eigenvalue weighted by atomic mass is 19.4. The highest BCUT2D eigenvalue weighted by Gasteiger charge is 2.31. The zero-order valence-corrected chi connectivity index (χ0v) is 17.1. The molecule has 1 aromatic carbocycles. The maximum atomic E-state index is 12.9. The molecular formula is C21H31F3N4O2+2. The maximum Gasteiger partial charge on any atom is 0.416 e. The number of benzene rings is 1. The molecule has 3 amide bonds. The van der Waals surface area contributed by atoms with Crippen LogP contribution in [0.4, 0.5) is 18.0 Å². The van der Waals surface area contributed by atoms with E-state index in [2.05, 4.69) is 10.6 Å². The molecule has 1 aliphatic heterocycles. The summed E-state index contributed by atoms with van der Waals surface area (Å²) in [5, 5.41) is 5.29. The van der Waals surface area contributed by atoms with Crippen LogP contribution < -0.4 is 20.4 Å². The van der Waals surface area contributed by atoms with Crippen molar-refractivity contribution in [1.29, 1.82) is 0 Å². The van der Waals surface area contributed by atoms with Crippen molar-refractivity contribution in [2.75, 3.05) is 32.7 Å².